The van der Waals surface area contributed by atoms with Crippen molar-refractivity contribution < 1.29 is 9.21 Å². The Morgan fingerprint density at radius 2 is 1.90 bits per heavy atom. The first-order valence-electron chi connectivity index (χ1n) is 9.66. The fourth-order valence-electron chi connectivity index (χ4n) is 3.72. The van der Waals surface area contributed by atoms with Gasteiger partial charge in [-0.1, -0.05) is 53.5 Å². The first-order chi connectivity index (χ1) is 15.1. The Bertz CT molecular complexity index is 1220. The Morgan fingerprint density at radius 1 is 1.10 bits per heavy atom. The van der Waals surface area contributed by atoms with Crippen LogP contribution >= 0.6 is 23.2 Å². The number of amides is 1. The predicted octanol–water partition coefficient (Wildman–Crippen LogP) is 5.58. The number of fused-ring (bicyclic) bond motifs is 1. The van der Waals surface area contributed by atoms with Gasteiger partial charge in [0.1, 0.15) is 0 Å². The quantitative estimate of drug-likeness (QED) is 0.421. The van der Waals surface area contributed by atoms with Crippen molar-refractivity contribution in [3.8, 4) is 0 Å². The van der Waals surface area contributed by atoms with Gasteiger partial charge in [-0.15, -0.1) is 5.10 Å². The van der Waals surface area contributed by atoms with Crippen LogP contribution in [0.5, 0.6) is 0 Å². The normalized spacial score (nSPS) is 17.6. The summed E-state index contributed by atoms with van der Waals surface area (Å²) in [5.41, 5.74) is 2.00. The molecular weight excluding hydrogens is 437 g/mol. The molecule has 0 fully saturated rings. The maximum absolute atomic E-state index is 12.4. The van der Waals surface area contributed by atoms with E-state index in [1.807, 2.05) is 48.5 Å². The number of nitrogens with zero attached hydrogens (tertiary/aromatic N) is 3. The minimum atomic E-state index is -0.420. The maximum atomic E-state index is 12.4. The molecule has 3 heterocycles. The van der Waals surface area contributed by atoms with E-state index < -0.39 is 5.91 Å². The molecule has 5 rings (SSSR count). The van der Waals surface area contributed by atoms with Gasteiger partial charge in [0.25, 0.3) is 11.9 Å². The van der Waals surface area contributed by atoms with Crippen LogP contribution in [-0.2, 0) is 0 Å². The molecule has 0 aliphatic carbocycles. The highest BCUT2D eigenvalue weighted by Crippen LogP contribution is 2.40. The summed E-state index contributed by atoms with van der Waals surface area (Å²) in [6.07, 6.45) is 2.12. The van der Waals surface area contributed by atoms with E-state index in [2.05, 4.69) is 20.7 Å². The Hall–Kier alpha value is -3.29. The molecule has 0 unspecified atom stereocenters. The van der Waals surface area contributed by atoms with E-state index in [0.29, 0.717) is 22.4 Å². The zero-order valence-electron chi connectivity index (χ0n) is 16.1. The van der Waals surface area contributed by atoms with Crippen LogP contribution in [0.25, 0.3) is 0 Å². The molecule has 0 saturated heterocycles. The summed E-state index contributed by atoms with van der Waals surface area (Å²) in [6.45, 7) is 0. The SMILES string of the molecule is O=C(Nc1nc2n(n1)[C@H](c1ccccc1Cl)C[C@@H](c1ccc(Cl)cc1)N2)c1ccco1. The van der Waals surface area contributed by atoms with E-state index >= 15 is 0 Å². The summed E-state index contributed by atoms with van der Waals surface area (Å²) in [4.78, 5) is 16.9. The van der Waals surface area contributed by atoms with Crippen molar-refractivity contribution in [2.45, 2.75) is 18.5 Å². The second-order valence-corrected chi connectivity index (χ2v) is 8.00. The molecule has 0 radical (unpaired) electrons. The summed E-state index contributed by atoms with van der Waals surface area (Å²) < 4.78 is 6.90. The lowest BCUT2D eigenvalue weighted by Gasteiger charge is -2.32. The smallest absolute Gasteiger partial charge is 0.293 e. The first-order valence-corrected chi connectivity index (χ1v) is 10.4. The summed E-state index contributed by atoms with van der Waals surface area (Å²) in [5.74, 6) is 0.475. The molecule has 2 aromatic heterocycles. The number of halogens is 2. The van der Waals surface area contributed by atoms with Crippen LogP contribution in [0.3, 0.4) is 0 Å². The molecule has 1 aliphatic heterocycles. The molecule has 2 atom stereocenters. The Morgan fingerprint density at radius 3 is 2.65 bits per heavy atom. The van der Waals surface area contributed by atoms with Crippen molar-refractivity contribution in [3.63, 3.8) is 0 Å². The van der Waals surface area contributed by atoms with Gasteiger partial charge in [-0.25, -0.2) is 4.68 Å². The third-order valence-corrected chi connectivity index (χ3v) is 5.79. The molecule has 1 aliphatic rings. The van der Waals surface area contributed by atoms with E-state index in [0.717, 1.165) is 11.1 Å². The lowest BCUT2D eigenvalue weighted by molar-refractivity contribution is 0.0995. The van der Waals surface area contributed by atoms with Crippen LogP contribution in [-0.4, -0.2) is 20.7 Å². The molecule has 0 bridgehead atoms. The third kappa shape index (κ3) is 3.89. The number of anilines is 2. The maximum Gasteiger partial charge on any atom is 0.293 e. The van der Waals surface area contributed by atoms with Crippen LogP contribution < -0.4 is 10.6 Å². The fourth-order valence-corrected chi connectivity index (χ4v) is 4.11. The van der Waals surface area contributed by atoms with Gasteiger partial charge in [-0.2, -0.15) is 4.98 Å². The highest BCUT2D eigenvalue weighted by molar-refractivity contribution is 6.31. The number of aromatic nitrogens is 3. The minimum absolute atomic E-state index is 0.0381. The molecule has 2 aromatic carbocycles. The van der Waals surface area contributed by atoms with Crippen LogP contribution in [0.2, 0.25) is 10.0 Å². The van der Waals surface area contributed by atoms with E-state index in [1.54, 1.807) is 16.8 Å². The second kappa shape index (κ2) is 8.09. The summed E-state index contributed by atoms with van der Waals surface area (Å²) in [6, 6.07) is 18.3. The fraction of sp³-hybridized carbons (Fsp3) is 0.136. The molecule has 9 heteroatoms. The molecule has 4 aromatic rings. The van der Waals surface area contributed by atoms with Crippen LogP contribution in [0.4, 0.5) is 11.9 Å². The van der Waals surface area contributed by atoms with Crippen molar-refractivity contribution in [3.05, 3.63) is 93.9 Å². The molecule has 2 N–H and O–H groups in total. The van der Waals surface area contributed by atoms with Crippen molar-refractivity contribution in [1.82, 2.24) is 14.8 Å². The van der Waals surface area contributed by atoms with Crippen molar-refractivity contribution in [2.75, 3.05) is 10.6 Å². The average Bonchev–Trinajstić information content (AvgIpc) is 3.44. The number of nitrogens with one attached hydrogen (secondary N) is 2. The largest absolute Gasteiger partial charge is 0.459 e. The van der Waals surface area contributed by atoms with Crippen LogP contribution in [0, 0.1) is 0 Å². The Balaban J connectivity index is 1.52. The van der Waals surface area contributed by atoms with Gasteiger partial charge in [0.15, 0.2) is 5.76 Å². The van der Waals surface area contributed by atoms with Gasteiger partial charge in [0.05, 0.1) is 18.3 Å². The zero-order valence-corrected chi connectivity index (χ0v) is 17.6. The van der Waals surface area contributed by atoms with Crippen LogP contribution in [0.1, 0.15) is 40.2 Å². The Labute approximate surface area is 188 Å². The minimum Gasteiger partial charge on any atom is -0.459 e. The van der Waals surface area contributed by atoms with E-state index in [9.17, 15) is 4.79 Å². The van der Waals surface area contributed by atoms with E-state index in [4.69, 9.17) is 27.6 Å². The molecule has 0 spiro atoms. The number of furan rings is 1. The number of hydrogen-bond acceptors (Lipinski definition) is 5. The van der Waals surface area contributed by atoms with Crippen LogP contribution in [0.15, 0.2) is 71.3 Å². The van der Waals surface area contributed by atoms with Gasteiger partial charge in [-0.3, -0.25) is 10.1 Å². The summed E-state index contributed by atoms with van der Waals surface area (Å²) >= 11 is 12.6. The summed E-state index contributed by atoms with van der Waals surface area (Å²) in [5, 5.41) is 11.9. The number of carbonyl (C=O) groups excluding carboxylic acids is 1. The molecular formula is C22H17Cl2N5O2. The van der Waals surface area contributed by atoms with Crippen molar-refractivity contribution in [1.29, 1.82) is 0 Å². The van der Waals surface area contributed by atoms with E-state index in [1.165, 1.54) is 6.26 Å². The number of benzene rings is 2. The highest BCUT2D eigenvalue weighted by Gasteiger charge is 2.32. The van der Waals surface area contributed by atoms with Gasteiger partial charge in [0, 0.05) is 10.0 Å². The standard InChI is InChI=1S/C22H17Cl2N5O2/c23-14-9-7-13(8-10-14)17-12-18(15-4-1-2-5-16(15)24)29-22(25-17)27-21(28-29)26-20(30)19-6-3-11-31-19/h1-11,17-18H,12H2,(H2,25,26,27,28,30)/t17-,18-/m0/s1. The topological polar surface area (TPSA) is 85.0 Å². The number of carbonyl (C=O) groups is 1. The lowest BCUT2D eigenvalue weighted by atomic mass is 9.93. The highest BCUT2D eigenvalue weighted by atomic mass is 35.5. The van der Waals surface area contributed by atoms with Gasteiger partial charge in [0.2, 0.25) is 5.95 Å². The monoisotopic (exact) mass is 453 g/mol. The average molecular weight is 454 g/mol. The zero-order chi connectivity index (χ0) is 21.4. The van der Waals surface area contributed by atoms with Gasteiger partial charge in [-0.05, 0) is 47.9 Å². The molecule has 31 heavy (non-hydrogen) atoms. The second-order valence-electron chi connectivity index (χ2n) is 7.16. The molecule has 1 amide bonds. The molecule has 0 saturated carbocycles. The first kappa shape index (κ1) is 19.7. The van der Waals surface area contributed by atoms with Crippen molar-refractivity contribution in [2.24, 2.45) is 0 Å². The van der Waals surface area contributed by atoms with Crippen molar-refractivity contribution >= 4 is 41.0 Å². The predicted molar refractivity (Wildman–Crippen MR) is 119 cm³/mol. The summed E-state index contributed by atoms with van der Waals surface area (Å²) in [7, 11) is 0. The lowest BCUT2D eigenvalue weighted by Crippen LogP contribution is -2.28. The third-order valence-electron chi connectivity index (χ3n) is 5.20. The van der Waals surface area contributed by atoms with Gasteiger partial charge >= 0.3 is 0 Å². The van der Waals surface area contributed by atoms with E-state index in [-0.39, 0.29) is 23.8 Å². The van der Waals surface area contributed by atoms with Gasteiger partial charge < -0.3 is 9.73 Å². The molecule has 156 valence electrons. The molecule has 7 nitrogen and oxygen atoms in total. The number of hydrogen-bond donors (Lipinski definition) is 2. The Kier molecular flexibility index (Phi) is 5.13. The number of rotatable bonds is 4.